The Hall–Kier alpha value is -2.88. The van der Waals surface area contributed by atoms with Crippen molar-refractivity contribution in [3.63, 3.8) is 0 Å². The van der Waals surface area contributed by atoms with Crippen LogP contribution in [-0.4, -0.2) is 34.2 Å². The summed E-state index contributed by atoms with van der Waals surface area (Å²) in [5.41, 5.74) is 3.41. The monoisotopic (exact) mass is 535 g/mol. The Balaban J connectivity index is 1.88. The normalized spacial score (nSPS) is 11.3. The number of halogens is 2. The van der Waals surface area contributed by atoms with Gasteiger partial charge in [-0.3, -0.25) is 9.10 Å². The van der Waals surface area contributed by atoms with Gasteiger partial charge in [-0.25, -0.2) is 13.8 Å². The van der Waals surface area contributed by atoms with E-state index in [4.69, 9.17) is 16.3 Å². The number of ether oxygens (including phenoxy) is 1. The maximum atomic E-state index is 13.5. The van der Waals surface area contributed by atoms with Gasteiger partial charge in [-0.2, -0.15) is 5.10 Å². The largest absolute Gasteiger partial charge is 0.495 e. The van der Waals surface area contributed by atoms with E-state index in [0.717, 1.165) is 9.87 Å². The minimum atomic E-state index is -4.15. The third-order valence-corrected chi connectivity index (χ3v) is 6.84. The number of hydrazone groups is 1. The highest BCUT2D eigenvalue weighted by atomic mass is 79.9. The zero-order chi connectivity index (χ0) is 23.1. The molecule has 0 saturated heterocycles. The molecule has 3 rings (SSSR count). The number of anilines is 1. The molecule has 0 aliphatic carbocycles. The van der Waals surface area contributed by atoms with Crippen LogP contribution in [0.25, 0.3) is 0 Å². The number of methoxy groups -OCH3 is 1. The number of carbonyl (C=O) groups excluding carboxylic acids is 1. The third kappa shape index (κ3) is 5.87. The van der Waals surface area contributed by atoms with E-state index in [2.05, 4.69) is 26.5 Å². The predicted octanol–water partition coefficient (Wildman–Crippen LogP) is 4.46. The first-order valence-electron chi connectivity index (χ1n) is 9.30. The van der Waals surface area contributed by atoms with Crippen LogP contribution in [0.3, 0.4) is 0 Å². The molecule has 3 aromatic rings. The number of benzene rings is 3. The molecule has 0 heterocycles. The van der Waals surface area contributed by atoms with Crippen molar-refractivity contribution >= 4 is 55.4 Å². The Morgan fingerprint density at radius 2 is 1.81 bits per heavy atom. The lowest BCUT2D eigenvalue weighted by Gasteiger charge is -2.24. The van der Waals surface area contributed by atoms with Gasteiger partial charge in [0.05, 0.1) is 19.0 Å². The van der Waals surface area contributed by atoms with Gasteiger partial charge >= 0.3 is 0 Å². The Morgan fingerprint density at radius 1 is 1.12 bits per heavy atom. The Labute approximate surface area is 199 Å². The average molecular weight is 537 g/mol. The minimum absolute atomic E-state index is 0.0734. The summed E-state index contributed by atoms with van der Waals surface area (Å²) in [6.45, 7) is -0.486. The molecule has 0 fully saturated rings. The van der Waals surface area contributed by atoms with Crippen molar-refractivity contribution in [1.82, 2.24) is 5.43 Å². The van der Waals surface area contributed by atoms with Crippen LogP contribution in [0.4, 0.5) is 5.69 Å². The highest BCUT2D eigenvalue weighted by Crippen LogP contribution is 2.32. The first-order valence-corrected chi connectivity index (χ1v) is 11.9. The summed E-state index contributed by atoms with van der Waals surface area (Å²) >= 11 is 9.14. The second kappa shape index (κ2) is 10.6. The summed E-state index contributed by atoms with van der Waals surface area (Å²) in [4.78, 5) is 12.5. The van der Waals surface area contributed by atoms with Crippen molar-refractivity contribution in [2.75, 3.05) is 18.0 Å². The van der Waals surface area contributed by atoms with Gasteiger partial charge in [0.2, 0.25) is 0 Å². The molecule has 10 heteroatoms. The maximum Gasteiger partial charge on any atom is 0.268 e. The second-order valence-corrected chi connectivity index (χ2v) is 9.67. The summed E-state index contributed by atoms with van der Waals surface area (Å²) in [6.07, 6.45) is 1.44. The van der Waals surface area contributed by atoms with Gasteiger partial charge in [-0.15, -0.1) is 0 Å². The van der Waals surface area contributed by atoms with Crippen molar-refractivity contribution in [3.05, 3.63) is 87.9 Å². The second-order valence-electron chi connectivity index (χ2n) is 6.49. The standard InChI is InChI=1S/C22H19BrClN3O4S/c1-31-20-12-9-17(23)13-21(20)32(29,30)27(19-5-3-2-4-6-19)15-22(28)26-25-14-16-7-10-18(24)11-8-16/h2-14H,15H2,1H3,(H,26,28)/b25-14-. The van der Waals surface area contributed by atoms with Crippen LogP contribution in [0, 0.1) is 0 Å². The van der Waals surface area contributed by atoms with Gasteiger partial charge in [0, 0.05) is 9.50 Å². The highest BCUT2D eigenvalue weighted by Gasteiger charge is 2.30. The molecule has 7 nitrogen and oxygen atoms in total. The van der Waals surface area contributed by atoms with Crippen LogP contribution >= 0.6 is 27.5 Å². The van der Waals surface area contributed by atoms with E-state index >= 15 is 0 Å². The summed E-state index contributed by atoms with van der Waals surface area (Å²) in [5.74, 6) is -0.452. The van der Waals surface area contributed by atoms with Gasteiger partial charge in [0.15, 0.2) is 0 Å². The third-order valence-electron chi connectivity index (χ3n) is 4.30. The van der Waals surface area contributed by atoms with E-state index in [0.29, 0.717) is 15.2 Å². The molecule has 1 amide bonds. The predicted molar refractivity (Wildman–Crippen MR) is 129 cm³/mol. The van der Waals surface area contributed by atoms with Crippen LogP contribution in [0.5, 0.6) is 5.75 Å². The molecule has 0 aliphatic rings. The van der Waals surface area contributed by atoms with Crippen molar-refractivity contribution in [1.29, 1.82) is 0 Å². The summed E-state index contributed by atoms with van der Waals surface area (Å²) in [7, 11) is -2.76. The Morgan fingerprint density at radius 3 is 2.47 bits per heavy atom. The number of hydrogen-bond donors (Lipinski definition) is 1. The maximum absolute atomic E-state index is 13.5. The molecule has 0 aliphatic heterocycles. The number of nitrogens with zero attached hydrogens (tertiary/aromatic N) is 2. The fourth-order valence-electron chi connectivity index (χ4n) is 2.77. The SMILES string of the molecule is COc1ccc(Br)cc1S(=O)(=O)N(CC(=O)N/N=C\c1ccc(Cl)cc1)c1ccccc1. The van der Waals surface area contributed by atoms with E-state index in [1.54, 1.807) is 60.7 Å². The number of nitrogens with one attached hydrogen (secondary N) is 1. The van der Waals surface area contributed by atoms with Gasteiger partial charge in [-0.1, -0.05) is 57.9 Å². The summed E-state index contributed by atoms with van der Waals surface area (Å²) in [6, 6.07) is 19.8. The summed E-state index contributed by atoms with van der Waals surface area (Å²) < 4.78 is 33.8. The van der Waals surface area contributed by atoms with Crippen molar-refractivity contribution in [2.24, 2.45) is 5.10 Å². The molecule has 3 aromatic carbocycles. The lowest BCUT2D eigenvalue weighted by molar-refractivity contribution is -0.119. The van der Waals surface area contributed by atoms with E-state index in [1.807, 2.05) is 0 Å². The van der Waals surface area contributed by atoms with E-state index < -0.39 is 22.5 Å². The van der Waals surface area contributed by atoms with E-state index in [9.17, 15) is 13.2 Å². The van der Waals surface area contributed by atoms with Gasteiger partial charge < -0.3 is 4.74 Å². The van der Waals surface area contributed by atoms with Gasteiger partial charge in [0.25, 0.3) is 15.9 Å². The molecule has 1 N–H and O–H groups in total. The first-order chi connectivity index (χ1) is 15.3. The van der Waals surface area contributed by atoms with Crippen LogP contribution in [0.15, 0.2) is 87.3 Å². The van der Waals surface area contributed by atoms with Crippen molar-refractivity contribution < 1.29 is 17.9 Å². The van der Waals surface area contributed by atoms with Gasteiger partial charge in [-0.05, 0) is 48.0 Å². The fraction of sp³-hybridized carbons (Fsp3) is 0.0909. The van der Waals surface area contributed by atoms with E-state index in [1.165, 1.54) is 25.5 Å². The fourth-order valence-corrected chi connectivity index (χ4v) is 5.02. The molecule has 0 aromatic heterocycles. The number of hydrogen-bond acceptors (Lipinski definition) is 5. The van der Waals surface area contributed by atoms with Crippen LogP contribution < -0.4 is 14.5 Å². The Bertz CT molecular complexity index is 1220. The van der Waals surface area contributed by atoms with E-state index in [-0.39, 0.29) is 10.6 Å². The molecule has 0 radical (unpaired) electrons. The zero-order valence-electron chi connectivity index (χ0n) is 16.9. The van der Waals surface area contributed by atoms with Crippen molar-refractivity contribution in [2.45, 2.75) is 4.90 Å². The highest BCUT2D eigenvalue weighted by molar-refractivity contribution is 9.10. The lowest BCUT2D eigenvalue weighted by Crippen LogP contribution is -2.39. The minimum Gasteiger partial charge on any atom is -0.495 e. The van der Waals surface area contributed by atoms with Crippen LogP contribution in [0.1, 0.15) is 5.56 Å². The first kappa shape index (κ1) is 23.8. The number of para-hydroxylation sites is 1. The topological polar surface area (TPSA) is 88.1 Å². The molecular weight excluding hydrogens is 518 g/mol. The molecule has 0 atom stereocenters. The number of sulfonamides is 1. The molecule has 32 heavy (non-hydrogen) atoms. The molecule has 0 spiro atoms. The Kier molecular flexibility index (Phi) is 7.89. The molecule has 166 valence electrons. The molecule has 0 unspecified atom stereocenters. The molecule has 0 bridgehead atoms. The zero-order valence-corrected chi connectivity index (χ0v) is 20.1. The average Bonchev–Trinajstić information content (AvgIpc) is 2.79. The number of amides is 1. The van der Waals surface area contributed by atoms with Gasteiger partial charge in [0.1, 0.15) is 17.2 Å². The lowest BCUT2D eigenvalue weighted by atomic mass is 10.2. The van der Waals surface area contributed by atoms with Crippen LogP contribution in [-0.2, 0) is 14.8 Å². The number of carbonyl (C=O) groups is 1. The van der Waals surface area contributed by atoms with Crippen molar-refractivity contribution in [3.8, 4) is 5.75 Å². The molecule has 0 saturated carbocycles. The van der Waals surface area contributed by atoms with Crippen LogP contribution in [0.2, 0.25) is 5.02 Å². The molecular formula is C22H19BrClN3O4S. The quantitative estimate of drug-likeness (QED) is 0.340. The number of rotatable bonds is 8. The smallest absolute Gasteiger partial charge is 0.268 e. The summed E-state index contributed by atoms with van der Waals surface area (Å²) in [5, 5.41) is 4.48.